The van der Waals surface area contributed by atoms with Gasteiger partial charge in [-0.25, -0.2) is 10.0 Å². The Bertz CT molecular complexity index is 1250. The predicted octanol–water partition coefficient (Wildman–Crippen LogP) is 1.92. The lowest BCUT2D eigenvalue weighted by atomic mass is 10.0. The van der Waals surface area contributed by atoms with Crippen molar-refractivity contribution in [3.8, 4) is 11.5 Å². The summed E-state index contributed by atoms with van der Waals surface area (Å²) in [6.07, 6.45) is 1.41. The van der Waals surface area contributed by atoms with Gasteiger partial charge < -0.3 is 19.4 Å². The lowest BCUT2D eigenvalue weighted by Crippen LogP contribution is -2.48. The zero-order valence-corrected chi connectivity index (χ0v) is 21.0. The van der Waals surface area contributed by atoms with E-state index in [1.54, 1.807) is 12.1 Å². The normalized spacial score (nSPS) is 21.8. The topological polar surface area (TPSA) is 102 Å². The number of anilines is 1. The van der Waals surface area contributed by atoms with Gasteiger partial charge in [0.2, 0.25) is 0 Å². The van der Waals surface area contributed by atoms with Crippen LogP contribution in [0.1, 0.15) is 22.8 Å². The third-order valence-electron chi connectivity index (χ3n) is 5.99. The molecule has 11 heteroatoms. The Kier molecular flexibility index (Phi) is 6.84. The van der Waals surface area contributed by atoms with Crippen molar-refractivity contribution < 1.29 is 29.0 Å². The summed E-state index contributed by atoms with van der Waals surface area (Å²) in [4.78, 5) is 40.3. The fourth-order valence-corrected chi connectivity index (χ4v) is 5.53. The molecular formula is C24H22N3O6S2-. The maximum absolute atomic E-state index is 13.5. The van der Waals surface area contributed by atoms with Crippen molar-refractivity contribution >= 4 is 57.8 Å². The van der Waals surface area contributed by atoms with E-state index in [0.29, 0.717) is 5.69 Å². The summed E-state index contributed by atoms with van der Waals surface area (Å²) in [5.41, 5.74) is 0.619. The van der Waals surface area contributed by atoms with E-state index < -0.39 is 17.9 Å². The minimum atomic E-state index is -1.48. The van der Waals surface area contributed by atoms with Gasteiger partial charge in [-0.15, -0.1) is 0 Å². The number of carboxylic acids is 1. The fraction of sp³-hybridized carbons (Fsp3) is 0.250. The minimum Gasteiger partial charge on any atom is -0.545 e. The van der Waals surface area contributed by atoms with Crippen LogP contribution in [0.3, 0.4) is 0 Å². The maximum atomic E-state index is 13.5. The zero-order valence-electron chi connectivity index (χ0n) is 19.4. The van der Waals surface area contributed by atoms with Crippen LogP contribution < -0.4 is 19.6 Å². The van der Waals surface area contributed by atoms with Crippen molar-refractivity contribution in [3.05, 3.63) is 58.5 Å². The van der Waals surface area contributed by atoms with Gasteiger partial charge in [0, 0.05) is 7.05 Å². The summed E-state index contributed by atoms with van der Waals surface area (Å²) >= 11 is 6.49. The first kappa shape index (κ1) is 24.7. The Hall–Kier alpha value is -3.41. The van der Waals surface area contributed by atoms with Crippen molar-refractivity contribution in [1.29, 1.82) is 0 Å². The minimum absolute atomic E-state index is 0.0172. The molecule has 0 spiro atoms. The molecule has 0 radical (unpaired) electrons. The Morgan fingerprint density at radius 2 is 1.80 bits per heavy atom. The van der Waals surface area contributed by atoms with Gasteiger partial charge in [-0.2, -0.15) is 0 Å². The molecule has 0 N–H and O–H groups in total. The number of methoxy groups -OCH3 is 2. The highest BCUT2D eigenvalue weighted by Crippen LogP contribution is 2.40. The van der Waals surface area contributed by atoms with Gasteiger partial charge in [0.05, 0.1) is 42.4 Å². The van der Waals surface area contributed by atoms with E-state index in [2.05, 4.69) is 0 Å². The molecule has 0 bridgehead atoms. The summed E-state index contributed by atoms with van der Waals surface area (Å²) in [6, 6.07) is 11.0. The Balaban J connectivity index is 1.71. The largest absolute Gasteiger partial charge is 0.545 e. The molecule has 2 fully saturated rings. The van der Waals surface area contributed by atoms with Crippen LogP contribution in [-0.2, 0) is 9.59 Å². The van der Waals surface area contributed by atoms with Gasteiger partial charge in [0.25, 0.3) is 11.8 Å². The van der Waals surface area contributed by atoms with Gasteiger partial charge >= 0.3 is 0 Å². The molecule has 2 atom stereocenters. The number of aromatic carboxylic acids is 1. The number of benzene rings is 2. The van der Waals surface area contributed by atoms with E-state index in [0.717, 1.165) is 11.8 Å². The van der Waals surface area contributed by atoms with Crippen molar-refractivity contribution in [2.75, 3.05) is 26.3 Å². The van der Waals surface area contributed by atoms with Gasteiger partial charge in [-0.05, 0) is 36.8 Å². The first-order valence-corrected chi connectivity index (χ1v) is 11.8. The molecule has 2 amide bonds. The van der Waals surface area contributed by atoms with Crippen LogP contribution in [0.4, 0.5) is 5.69 Å². The second kappa shape index (κ2) is 9.68. The molecule has 0 unspecified atom stereocenters. The molecule has 2 saturated heterocycles. The van der Waals surface area contributed by atoms with Crippen LogP contribution in [0, 0.1) is 0 Å². The lowest BCUT2D eigenvalue weighted by molar-refractivity contribution is -0.255. The van der Waals surface area contributed by atoms with Gasteiger partial charge in [-0.3, -0.25) is 14.5 Å². The second-order valence-electron chi connectivity index (χ2n) is 7.85. The van der Waals surface area contributed by atoms with Crippen molar-refractivity contribution in [2.45, 2.75) is 19.0 Å². The number of thioether (sulfide) groups is 1. The van der Waals surface area contributed by atoms with Crippen molar-refractivity contribution in [1.82, 2.24) is 9.91 Å². The highest BCUT2D eigenvalue weighted by molar-refractivity contribution is 8.26. The zero-order chi connectivity index (χ0) is 25.4. The molecule has 35 heavy (non-hydrogen) atoms. The summed E-state index contributed by atoms with van der Waals surface area (Å²) in [6.45, 7) is 1.84. The number of hydrogen-bond donors (Lipinski definition) is 0. The molecule has 0 aromatic heterocycles. The molecule has 2 aliphatic rings. The number of likely N-dealkylation sites (N-methyl/N-ethyl adjacent to an activating group) is 1. The molecule has 2 heterocycles. The summed E-state index contributed by atoms with van der Waals surface area (Å²) in [7, 11) is 4.48. The number of carboxylic acid groups (broad SMARTS) is 1. The standard InChI is InChI=1S/C24H23N3O6S2/c1-13-19(22(29)27(25(13)2)15-8-6-5-7-9-15)26-21(28)17(35-24(26)34)12-14-10-11-16(32-3)20(33-4)18(14)23(30)31/h5-13,19H,1-4H3,(H,30,31)/p-1/b17-12-/t13-,19-/m1/s1. The van der Waals surface area contributed by atoms with E-state index in [1.165, 1.54) is 42.3 Å². The van der Waals surface area contributed by atoms with Crippen LogP contribution in [-0.4, -0.2) is 65.4 Å². The molecule has 4 rings (SSSR count). The molecular weight excluding hydrogens is 490 g/mol. The molecule has 9 nitrogen and oxygen atoms in total. The van der Waals surface area contributed by atoms with Crippen LogP contribution in [0.5, 0.6) is 11.5 Å². The smallest absolute Gasteiger partial charge is 0.266 e. The highest BCUT2D eigenvalue weighted by Gasteiger charge is 2.51. The molecule has 2 aliphatic heterocycles. The molecule has 2 aromatic carbocycles. The third kappa shape index (κ3) is 4.15. The number of carbonyl (C=O) groups is 3. The number of para-hydroxylation sites is 1. The number of carbonyl (C=O) groups excluding carboxylic acids is 3. The molecule has 0 saturated carbocycles. The quantitative estimate of drug-likeness (QED) is 0.424. The van der Waals surface area contributed by atoms with E-state index >= 15 is 0 Å². The van der Waals surface area contributed by atoms with Gasteiger partial charge in [-0.1, -0.05) is 48.2 Å². The number of hydrogen-bond acceptors (Lipinski definition) is 9. The average Bonchev–Trinajstić information content (AvgIpc) is 3.23. The van der Waals surface area contributed by atoms with E-state index in [-0.39, 0.29) is 43.8 Å². The number of hydrazine groups is 1. The van der Waals surface area contributed by atoms with Gasteiger partial charge in [0.1, 0.15) is 10.4 Å². The number of amides is 2. The SMILES string of the molecule is COc1ccc(/C=C2\SC(=S)N([C@H]3C(=O)N(c4ccccc4)N(C)[C@@H]3C)C2=O)c(C(=O)[O-])c1OC. The van der Waals surface area contributed by atoms with E-state index in [4.69, 9.17) is 21.7 Å². The van der Waals surface area contributed by atoms with Crippen molar-refractivity contribution in [2.24, 2.45) is 0 Å². The summed E-state index contributed by atoms with van der Waals surface area (Å²) in [5, 5.41) is 15.2. The Morgan fingerprint density at radius 1 is 1.11 bits per heavy atom. The fourth-order valence-electron chi connectivity index (χ4n) is 4.21. The summed E-state index contributed by atoms with van der Waals surface area (Å²) in [5.74, 6) is -2.05. The highest BCUT2D eigenvalue weighted by atomic mass is 32.2. The number of nitrogens with zero attached hydrogens (tertiary/aromatic N) is 3. The Morgan fingerprint density at radius 3 is 2.40 bits per heavy atom. The van der Waals surface area contributed by atoms with Gasteiger partial charge in [0.15, 0.2) is 11.5 Å². The lowest BCUT2D eigenvalue weighted by Gasteiger charge is -2.26. The maximum Gasteiger partial charge on any atom is 0.266 e. The van der Waals surface area contributed by atoms with Crippen LogP contribution in [0.25, 0.3) is 6.08 Å². The second-order valence-corrected chi connectivity index (χ2v) is 9.52. The number of thiocarbonyl (C=S) groups is 1. The van der Waals surface area contributed by atoms with Crippen molar-refractivity contribution in [3.63, 3.8) is 0 Å². The van der Waals surface area contributed by atoms with E-state index in [1.807, 2.05) is 37.3 Å². The van der Waals surface area contributed by atoms with Crippen LogP contribution in [0.2, 0.25) is 0 Å². The first-order valence-electron chi connectivity index (χ1n) is 10.6. The van der Waals surface area contributed by atoms with Crippen LogP contribution in [0.15, 0.2) is 47.4 Å². The first-order chi connectivity index (χ1) is 16.7. The number of ether oxygens (including phenoxy) is 2. The molecule has 2 aromatic rings. The van der Waals surface area contributed by atoms with E-state index in [9.17, 15) is 19.5 Å². The average molecular weight is 513 g/mol. The predicted molar refractivity (Wildman–Crippen MR) is 134 cm³/mol. The van der Waals surface area contributed by atoms with Crippen LogP contribution >= 0.6 is 24.0 Å². The summed E-state index contributed by atoms with van der Waals surface area (Å²) < 4.78 is 10.6. The third-order valence-corrected chi connectivity index (χ3v) is 7.33. The Labute approximate surface area is 211 Å². The molecule has 0 aliphatic carbocycles. The number of rotatable bonds is 6. The monoisotopic (exact) mass is 512 g/mol. The molecule has 182 valence electrons.